The van der Waals surface area contributed by atoms with Crippen molar-refractivity contribution >= 4 is 5.97 Å². The molecule has 16 heavy (non-hydrogen) atoms. The fourth-order valence-electron chi connectivity index (χ4n) is 1.63. The number of carboxylic acids is 1. The molecule has 0 rings (SSSR count). The molecule has 0 atom stereocenters. The van der Waals surface area contributed by atoms with Crippen LogP contribution in [0.2, 0.25) is 0 Å². The van der Waals surface area contributed by atoms with Crippen LogP contribution in [0.3, 0.4) is 0 Å². The van der Waals surface area contributed by atoms with Gasteiger partial charge in [-0.15, -0.1) is 0 Å². The molecule has 0 fully saturated rings. The molecule has 0 aromatic carbocycles. The average molecular weight is 225 g/mol. The predicted molar refractivity (Wildman–Crippen MR) is 66.0 cm³/mol. The summed E-state index contributed by atoms with van der Waals surface area (Å²) in [6, 6.07) is 0. The van der Waals surface area contributed by atoms with E-state index in [1.165, 1.54) is 38.5 Å². The second-order valence-electron chi connectivity index (χ2n) is 4.29. The number of carbonyl (C=O) groups excluding carboxylic acids is 1. The van der Waals surface area contributed by atoms with Crippen LogP contribution in [-0.4, -0.2) is 5.97 Å². The zero-order valence-electron chi connectivity index (χ0n) is 10.5. The Morgan fingerprint density at radius 1 is 0.938 bits per heavy atom. The van der Waals surface area contributed by atoms with Gasteiger partial charge in [0, 0.05) is 5.97 Å². The highest BCUT2D eigenvalue weighted by atomic mass is 16.4. The number of rotatable bonds is 11. The number of unbranched alkanes of at least 4 members (excludes halogenated alkanes) is 7. The van der Waals surface area contributed by atoms with Gasteiger partial charge in [0.25, 0.3) is 0 Å². The van der Waals surface area contributed by atoms with E-state index in [0.29, 0.717) is 0 Å². The molecule has 0 radical (unpaired) electrons. The Kier molecular flexibility index (Phi) is 11.7. The van der Waals surface area contributed by atoms with Crippen molar-refractivity contribution in [3.63, 3.8) is 0 Å². The minimum absolute atomic E-state index is 0.199. The van der Waals surface area contributed by atoms with Crippen LogP contribution in [0.1, 0.15) is 71.1 Å². The summed E-state index contributed by atoms with van der Waals surface area (Å²) in [6.45, 7) is 2.23. The predicted octanol–water partition coefficient (Wildman–Crippen LogP) is 3.21. The molecule has 0 aliphatic heterocycles. The van der Waals surface area contributed by atoms with Crippen LogP contribution in [0.25, 0.3) is 0 Å². The molecule has 2 heteroatoms. The molecule has 0 aromatic rings. The summed E-state index contributed by atoms with van der Waals surface area (Å²) in [6.07, 6.45) is 15.1. The van der Waals surface area contributed by atoms with Gasteiger partial charge >= 0.3 is 0 Å². The minimum atomic E-state index is -0.931. The number of hydrogen-bond donors (Lipinski definition) is 0. The van der Waals surface area contributed by atoms with E-state index in [0.717, 1.165) is 19.3 Å². The smallest absolute Gasteiger partial charge is 0.0414 e. The fourth-order valence-corrected chi connectivity index (χ4v) is 1.63. The third kappa shape index (κ3) is 13.2. The molecule has 0 saturated heterocycles. The molecule has 2 nitrogen and oxygen atoms in total. The van der Waals surface area contributed by atoms with E-state index in [-0.39, 0.29) is 6.42 Å². The van der Waals surface area contributed by atoms with Gasteiger partial charge in [0.05, 0.1) is 0 Å². The Morgan fingerprint density at radius 2 is 1.50 bits per heavy atom. The molecule has 0 aliphatic rings. The van der Waals surface area contributed by atoms with E-state index in [4.69, 9.17) is 0 Å². The van der Waals surface area contributed by atoms with Gasteiger partial charge in [0.1, 0.15) is 0 Å². The molecule has 0 aromatic heterocycles. The van der Waals surface area contributed by atoms with Crippen molar-refractivity contribution in [1.29, 1.82) is 0 Å². The Bertz CT molecular complexity index is 185. The van der Waals surface area contributed by atoms with Crippen LogP contribution >= 0.6 is 0 Å². The first-order valence-electron chi connectivity index (χ1n) is 6.62. The highest BCUT2D eigenvalue weighted by molar-refractivity contribution is 5.64. The van der Waals surface area contributed by atoms with Crippen LogP contribution in [0.5, 0.6) is 0 Å². The summed E-state index contributed by atoms with van der Waals surface area (Å²) in [5.41, 5.74) is 0. The third-order valence-electron chi connectivity index (χ3n) is 2.64. The first-order valence-corrected chi connectivity index (χ1v) is 6.62. The number of aliphatic carboxylic acids is 1. The van der Waals surface area contributed by atoms with E-state index >= 15 is 0 Å². The Labute approximate surface area is 99.7 Å². The van der Waals surface area contributed by atoms with Gasteiger partial charge in [-0.25, -0.2) is 0 Å². The van der Waals surface area contributed by atoms with Gasteiger partial charge in [-0.3, -0.25) is 0 Å². The lowest BCUT2D eigenvalue weighted by Gasteiger charge is -1.99. The fraction of sp³-hybridized carbons (Fsp3) is 0.786. The molecule has 0 aliphatic carbocycles. The van der Waals surface area contributed by atoms with E-state index in [2.05, 4.69) is 19.1 Å². The maximum absolute atomic E-state index is 10.1. The van der Waals surface area contributed by atoms with Crippen LogP contribution < -0.4 is 5.11 Å². The Balaban J connectivity index is 3.07. The van der Waals surface area contributed by atoms with Crippen LogP contribution in [0.15, 0.2) is 12.2 Å². The van der Waals surface area contributed by atoms with Crippen molar-refractivity contribution < 1.29 is 9.90 Å². The lowest BCUT2D eigenvalue weighted by Crippen LogP contribution is -2.21. The van der Waals surface area contributed by atoms with E-state index in [1.54, 1.807) is 0 Å². The summed E-state index contributed by atoms with van der Waals surface area (Å²) in [4.78, 5) is 10.1. The zero-order valence-corrected chi connectivity index (χ0v) is 10.5. The minimum Gasteiger partial charge on any atom is -0.550 e. The molecule has 0 N–H and O–H groups in total. The van der Waals surface area contributed by atoms with Crippen LogP contribution in [0, 0.1) is 0 Å². The number of carbonyl (C=O) groups is 1. The molecule has 0 amide bonds. The van der Waals surface area contributed by atoms with Crippen molar-refractivity contribution in [2.45, 2.75) is 71.1 Å². The maximum Gasteiger partial charge on any atom is 0.0414 e. The molecule has 0 saturated carbocycles. The summed E-state index contributed by atoms with van der Waals surface area (Å²) in [7, 11) is 0. The average Bonchev–Trinajstić information content (AvgIpc) is 2.25. The van der Waals surface area contributed by atoms with Gasteiger partial charge in [-0.05, 0) is 38.5 Å². The quantitative estimate of drug-likeness (QED) is 0.400. The molecular weight excluding hydrogens is 200 g/mol. The molecule has 0 spiro atoms. The number of hydrogen-bond acceptors (Lipinski definition) is 2. The standard InChI is InChI=1S/C14H26O2/c1-2-3-4-5-6-7-8-9-10-11-12-13-14(15)16/h8-9H,2-7,10-13H2,1H3,(H,15,16)/p-1/b9-8+. The lowest BCUT2D eigenvalue weighted by atomic mass is 10.1. The molecule has 0 heterocycles. The first kappa shape index (κ1) is 15.2. The van der Waals surface area contributed by atoms with Gasteiger partial charge in [0.2, 0.25) is 0 Å². The highest BCUT2D eigenvalue weighted by Crippen LogP contribution is 2.06. The third-order valence-corrected chi connectivity index (χ3v) is 2.64. The zero-order chi connectivity index (χ0) is 12.1. The van der Waals surface area contributed by atoms with Gasteiger partial charge in [0.15, 0.2) is 0 Å². The van der Waals surface area contributed by atoms with Crippen molar-refractivity contribution in [2.24, 2.45) is 0 Å². The first-order chi connectivity index (χ1) is 7.77. The largest absolute Gasteiger partial charge is 0.550 e. The summed E-state index contributed by atoms with van der Waals surface area (Å²) in [5.74, 6) is -0.931. The van der Waals surface area contributed by atoms with Gasteiger partial charge in [-0.2, -0.15) is 0 Å². The van der Waals surface area contributed by atoms with E-state index in [1.807, 2.05) is 0 Å². The SMILES string of the molecule is CCCCCCC/C=C/CCCCC(=O)[O-]. The van der Waals surface area contributed by atoms with E-state index in [9.17, 15) is 9.90 Å². The monoisotopic (exact) mass is 225 g/mol. The molecular formula is C14H25O2-. The van der Waals surface area contributed by atoms with Crippen molar-refractivity contribution in [2.75, 3.05) is 0 Å². The Hall–Kier alpha value is -0.790. The lowest BCUT2D eigenvalue weighted by molar-refractivity contribution is -0.305. The van der Waals surface area contributed by atoms with Crippen molar-refractivity contribution in [3.8, 4) is 0 Å². The van der Waals surface area contributed by atoms with Crippen molar-refractivity contribution in [1.82, 2.24) is 0 Å². The summed E-state index contributed by atoms with van der Waals surface area (Å²) < 4.78 is 0. The van der Waals surface area contributed by atoms with Crippen molar-refractivity contribution in [3.05, 3.63) is 12.2 Å². The van der Waals surface area contributed by atoms with Crippen LogP contribution in [0.4, 0.5) is 0 Å². The second kappa shape index (κ2) is 12.3. The molecule has 94 valence electrons. The Morgan fingerprint density at radius 3 is 2.06 bits per heavy atom. The molecule has 0 unspecified atom stereocenters. The second-order valence-corrected chi connectivity index (χ2v) is 4.29. The van der Waals surface area contributed by atoms with Gasteiger partial charge < -0.3 is 9.90 Å². The summed E-state index contributed by atoms with van der Waals surface area (Å²) >= 11 is 0. The molecule has 0 bridgehead atoms. The maximum atomic E-state index is 10.1. The van der Waals surface area contributed by atoms with Crippen LogP contribution in [-0.2, 0) is 4.79 Å². The normalized spacial score (nSPS) is 11.1. The van der Waals surface area contributed by atoms with Gasteiger partial charge in [-0.1, -0.05) is 44.8 Å². The number of allylic oxidation sites excluding steroid dienone is 2. The summed E-state index contributed by atoms with van der Waals surface area (Å²) in [5, 5.41) is 10.1. The van der Waals surface area contributed by atoms with E-state index < -0.39 is 5.97 Å². The number of carboxylic acid groups (broad SMARTS) is 1. The highest BCUT2D eigenvalue weighted by Gasteiger charge is 1.88. The topological polar surface area (TPSA) is 40.1 Å².